The summed E-state index contributed by atoms with van der Waals surface area (Å²) in [5, 5.41) is 0.671. The minimum atomic E-state index is 0.404. The Morgan fingerprint density at radius 2 is 2.22 bits per heavy atom. The number of hydrogen-bond donors (Lipinski definition) is 1. The first-order valence-electron chi connectivity index (χ1n) is 6.00. The van der Waals surface area contributed by atoms with Gasteiger partial charge in [-0.1, -0.05) is 23.8 Å². The molecule has 2 N–H and O–H groups in total. The summed E-state index contributed by atoms with van der Waals surface area (Å²) >= 11 is 11.1. The van der Waals surface area contributed by atoms with E-state index in [1.165, 1.54) is 0 Å². The maximum Gasteiger partial charge on any atom is 0.106 e. The van der Waals surface area contributed by atoms with E-state index >= 15 is 0 Å². The van der Waals surface area contributed by atoms with E-state index in [1.807, 2.05) is 18.2 Å². The van der Waals surface area contributed by atoms with Crippen LogP contribution in [-0.2, 0) is 0 Å². The van der Waals surface area contributed by atoms with Crippen molar-refractivity contribution < 1.29 is 0 Å². The second-order valence-electron chi connectivity index (χ2n) is 4.88. The van der Waals surface area contributed by atoms with Crippen LogP contribution in [-0.4, -0.2) is 43.1 Å². The molecule has 3 nitrogen and oxygen atoms in total. The molecule has 1 aromatic carbocycles. The molecule has 5 heteroatoms. The summed E-state index contributed by atoms with van der Waals surface area (Å²) in [6.07, 6.45) is 1.16. The summed E-state index contributed by atoms with van der Waals surface area (Å²) < 4.78 is 0. The lowest BCUT2D eigenvalue weighted by molar-refractivity contribution is 0.315. The lowest BCUT2D eigenvalue weighted by atomic mass is 10.1. The van der Waals surface area contributed by atoms with Crippen LogP contribution in [0, 0.1) is 0 Å². The third-order valence-corrected chi connectivity index (χ3v) is 3.91. The molecule has 0 radical (unpaired) electrons. The van der Waals surface area contributed by atoms with Crippen molar-refractivity contribution in [3.63, 3.8) is 0 Å². The zero-order valence-corrected chi connectivity index (χ0v) is 12.3. The van der Waals surface area contributed by atoms with Crippen LogP contribution in [0.15, 0.2) is 18.2 Å². The van der Waals surface area contributed by atoms with E-state index in [9.17, 15) is 0 Å². The normalized spacial score (nSPS) is 19.6. The Labute approximate surface area is 119 Å². The summed E-state index contributed by atoms with van der Waals surface area (Å²) in [6, 6.07) is 6.33. The molecule has 0 saturated carbocycles. The zero-order valence-electron chi connectivity index (χ0n) is 10.7. The van der Waals surface area contributed by atoms with Crippen LogP contribution in [0.2, 0.25) is 5.02 Å². The fourth-order valence-corrected chi connectivity index (χ4v) is 2.70. The standard InChI is InChI=1S/C13H18ClN3S/c1-16(2)10-5-6-17(8-10)12-4-3-9(14)7-11(12)13(15)18/h3-4,7,10H,5-6,8H2,1-2H3,(H2,15,18). The summed E-state index contributed by atoms with van der Waals surface area (Å²) in [5.41, 5.74) is 7.75. The molecular formula is C13H18ClN3S. The molecule has 0 aliphatic carbocycles. The van der Waals surface area contributed by atoms with Gasteiger partial charge < -0.3 is 15.5 Å². The number of nitrogens with two attached hydrogens (primary N) is 1. The van der Waals surface area contributed by atoms with Crippen molar-refractivity contribution in [3.8, 4) is 0 Å². The molecule has 1 unspecified atom stereocenters. The topological polar surface area (TPSA) is 32.5 Å². The molecule has 2 rings (SSSR count). The van der Waals surface area contributed by atoms with Crippen molar-refractivity contribution in [3.05, 3.63) is 28.8 Å². The molecular weight excluding hydrogens is 266 g/mol. The summed E-state index contributed by atoms with van der Waals surface area (Å²) in [6.45, 7) is 2.03. The maximum absolute atomic E-state index is 6.00. The highest BCUT2D eigenvalue weighted by atomic mass is 35.5. The number of thiocarbonyl (C=S) groups is 1. The highest BCUT2D eigenvalue weighted by Crippen LogP contribution is 2.28. The first-order chi connectivity index (χ1) is 8.49. The predicted octanol–water partition coefficient (Wildman–Crippen LogP) is 2.11. The Morgan fingerprint density at radius 3 is 2.78 bits per heavy atom. The monoisotopic (exact) mass is 283 g/mol. The van der Waals surface area contributed by atoms with E-state index < -0.39 is 0 Å². The second kappa shape index (κ2) is 5.43. The molecule has 1 aromatic rings. The van der Waals surface area contributed by atoms with E-state index in [-0.39, 0.29) is 0 Å². The van der Waals surface area contributed by atoms with Gasteiger partial charge in [0.25, 0.3) is 0 Å². The van der Waals surface area contributed by atoms with Gasteiger partial charge in [0, 0.05) is 35.4 Å². The fraction of sp³-hybridized carbons (Fsp3) is 0.462. The van der Waals surface area contributed by atoms with Gasteiger partial charge in [-0.2, -0.15) is 0 Å². The lowest BCUT2D eigenvalue weighted by Gasteiger charge is -2.23. The Bertz CT molecular complexity index is 462. The molecule has 0 spiro atoms. The molecule has 1 aliphatic heterocycles. The summed E-state index contributed by atoms with van der Waals surface area (Å²) in [7, 11) is 4.23. The molecule has 1 saturated heterocycles. The average molecular weight is 284 g/mol. The van der Waals surface area contributed by atoms with Crippen molar-refractivity contribution in [2.45, 2.75) is 12.5 Å². The van der Waals surface area contributed by atoms with Crippen LogP contribution in [0.5, 0.6) is 0 Å². The Morgan fingerprint density at radius 1 is 1.50 bits per heavy atom. The van der Waals surface area contributed by atoms with E-state index in [0.717, 1.165) is 30.8 Å². The molecule has 1 heterocycles. The summed E-state index contributed by atoms with van der Waals surface area (Å²) in [4.78, 5) is 4.99. The first kappa shape index (κ1) is 13.6. The van der Waals surface area contributed by atoms with E-state index in [2.05, 4.69) is 23.9 Å². The Kier molecular flexibility index (Phi) is 4.10. The largest absolute Gasteiger partial charge is 0.389 e. The smallest absolute Gasteiger partial charge is 0.106 e. The van der Waals surface area contributed by atoms with Crippen LogP contribution in [0.3, 0.4) is 0 Å². The number of halogens is 1. The molecule has 0 aromatic heterocycles. The average Bonchev–Trinajstić information content (AvgIpc) is 2.78. The van der Waals surface area contributed by atoms with E-state index in [1.54, 1.807) is 0 Å². The number of anilines is 1. The third-order valence-electron chi connectivity index (χ3n) is 3.46. The summed E-state index contributed by atoms with van der Waals surface area (Å²) in [5.74, 6) is 0. The van der Waals surface area contributed by atoms with Crippen LogP contribution in [0.4, 0.5) is 5.69 Å². The van der Waals surface area contributed by atoms with Crippen LogP contribution >= 0.6 is 23.8 Å². The molecule has 1 fully saturated rings. The highest BCUT2D eigenvalue weighted by molar-refractivity contribution is 7.80. The van der Waals surface area contributed by atoms with Gasteiger partial charge in [0.2, 0.25) is 0 Å². The fourth-order valence-electron chi connectivity index (χ4n) is 2.36. The molecule has 98 valence electrons. The number of rotatable bonds is 3. The van der Waals surface area contributed by atoms with Crippen molar-refractivity contribution in [2.75, 3.05) is 32.1 Å². The van der Waals surface area contributed by atoms with Gasteiger partial charge in [-0.25, -0.2) is 0 Å². The van der Waals surface area contributed by atoms with Gasteiger partial charge in [0.15, 0.2) is 0 Å². The number of likely N-dealkylation sites (N-methyl/N-ethyl adjacent to an activating group) is 1. The van der Waals surface area contributed by atoms with Gasteiger partial charge >= 0.3 is 0 Å². The van der Waals surface area contributed by atoms with Gasteiger partial charge in [0.1, 0.15) is 4.99 Å². The molecule has 0 amide bonds. The molecule has 1 aliphatic rings. The first-order valence-corrected chi connectivity index (χ1v) is 6.78. The van der Waals surface area contributed by atoms with E-state index in [0.29, 0.717) is 16.1 Å². The molecule has 1 atom stereocenters. The van der Waals surface area contributed by atoms with Crippen LogP contribution < -0.4 is 10.6 Å². The maximum atomic E-state index is 6.00. The highest BCUT2D eigenvalue weighted by Gasteiger charge is 2.25. The van der Waals surface area contributed by atoms with Gasteiger partial charge in [-0.15, -0.1) is 0 Å². The lowest BCUT2D eigenvalue weighted by Crippen LogP contribution is -2.32. The minimum Gasteiger partial charge on any atom is -0.389 e. The van der Waals surface area contributed by atoms with Crippen molar-refractivity contribution in [1.29, 1.82) is 0 Å². The molecule has 0 bridgehead atoms. The number of benzene rings is 1. The SMILES string of the molecule is CN(C)C1CCN(c2ccc(Cl)cc2C(N)=S)C1. The zero-order chi connectivity index (χ0) is 13.3. The van der Waals surface area contributed by atoms with Gasteiger partial charge in [-0.3, -0.25) is 0 Å². The number of nitrogens with zero attached hydrogens (tertiary/aromatic N) is 2. The second-order valence-corrected chi connectivity index (χ2v) is 5.75. The third kappa shape index (κ3) is 2.76. The predicted molar refractivity (Wildman–Crippen MR) is 81.6 cm³/mol. The van der Waals surface area contributed by atoms with Crippen LogP contribution in [0.25, 0.3) is 0 Å². The van der Waals surface area contributed by atoms with Crippen molar-refractivity contribution >= 4 is 34.5 Å². The Balaban J connectivity index is 2.27. The van der Waals surface area contributed by atoms with Gasteiger partial charge in [-0.05, 0) is 38.7 Å². The number of hydrogen-bond acceptors (Lipinski definition) is 3. The van der Waals surface area contributed by atoms with Crippen molar-refractivity contribution in [2.24, 2.45) is 5.73 Å². The van der Waals surface area contributed by atoms with Crippen LogP contribution in [0.1, 0.15) is 12.0 Å². The quantitative estimate of drug-likeness (QED) is 0.862. The Hall–Kier alpha value is -0.840. The molecule has 18 heavy (non-hydrogen) atoms. The van der Waals surface area contributed by atoms with Crippen molar-refractivity contribution in [1.82, 2.24) is 4.90 Å². The van der Waals surface area contributed by atoms with E-state index in [4.69, 9.17) is 29.6 Å². The minimum absolute atomic E-state index is 0.404. The van der Waals surface area contributed by atoms with Gasteiger partial charge in [0.05, 0.1) is 0 Å².